The molecule has 3 aromatic rings. The molecule has 1 atom stereocenters. The molecule has 5 nitrogen and oxygen atoms in total. The second-order valence-electron chi connectivity index (χ2n) is 6.51. The molecule has 0 unspecified atom stereocenters. The lowest BCUT2D eigenvalue weighted by Crippen LogP contribution is -2.27. The lowest BCUT2D eigenvalue weighted by Gasteiger charge is -2.24. The van der Waals surface area contributed by atoms with Crippen LogP contribution in [0.3, 0.4) is 0 Å². The van der Waals surface area contributed by atoms with E-state index in [1.807, 2.05) is 64.9 Å². The molecule has 1 aromatic heterocycles. The highest BCUT2D eigenvalue weighted by atomic mass is 32.2. The van der Waals surface area contributed by atoms with E-state index in [0.29, 0.717) is 17.9 Å². The van der Waals surface area contributed by atoms with Crippen LogP contribution in [0.2, 0.25) is 0 Å². The largest absolute Gasteiger partial charge is 0.322 e. The summed E-state index contributed by atoms with van der Waals surface area (Å²) in [4.78, 5) is 27.5. The summed E-state index contributed by atoms with van der Waals surface area (Å²) in [5, 5.41) is 5.90. The minimum Gasteiger partial charge on any atom is -0.322 e. The van der Waals surface area contributed by atoms with Gasteiger partial charge >= 0.3 is 0 Å². The first kappa shape index (κ1) is 19.4. The van der Waals surface area contributed by atoms with Gasteiger partial charge in [0.05, 0.1) is 12.0 Å². The Morgan fingerprint density at radius 2 is 1.90 bits per heavy atom. The number of rotatable bonds is 6. The highest BCUT2D eigenvalue weighted by Crippen LogP contribution is 2.39. The van der Waals surface area contributed by atoms with Crippen LogP contribution in [0.25, 0.3) is 0 Å². The van der Waals surface area contributed by atoms with Crippen molar-refractivity contribution < 1.29 is 9.59 Å². The van der Waals surface area contributed by atoms with Gasteiger partial charge in [0.15, 0.2) is 0 Å². The summed E-state index contributed by atoms with van der Waals surface area (Å²) < 4.78 is 0. The van der Waals surface area contributed by atoms with Crippen LogP contribution in [0.4, 0.5) is 0 Å². The molecule has 1 aliphatic heterocycles. The molecule has 146 valence electrons. The van der Waals surface area contributed by atoms with Gasteiger partial charge in [-0.15, -0.1) is 23.1 Å². The Balaban J connectivity index is 1.42. The molecule has 4 rings (SSSR count). The fraction of sp³-hybridized carbons (Fsp3) is 0.136. The van der Waals surface area contributed by atoms with Crippen LogP contribution >= 0.6 is 23.1 Å². The standard InChI is InChI=1S/C22H19N3O2S2/c26-20-15-29-22(25(20)14-16-5-2-1-3-6-16)18-10-8-17(9-11-18)21(27)24-23-13-19-7-4-12-28-19/h1-13,22H,14-15H2,(H,24,27)/b23-13-/t22-/m1/s1. The molecule has 1 saturated heterocycles. The maximum absolute atomic E-state index is 12.4. The quantitative estimate of drug-likeness (QED) is 0.477. The minimum absolute atomic E-state index is 0.0448. The van der Waals surface area contributed by atoms with Crippen molar-refractivity contribution in [3.63, 3.8) is 0 Å². The van der Waals surface area contributed by atoms with Gasteiger partial charge in [-0.05, 0) is 34.7 Å². The van der Waals surface area contributed by atoms with Crippen molar-refractivity contribution >= 4 is 41.1 Å². The van der Waals surface area contributed by atoms with Gasteiger partial charge in [0.25, 0.3) is 5.91 Å². The molecule has 0 aliphatic carbocycles. The van der Waals surface area contributed by atoms with Crippen molar-refractivity contribution in [1.82, 2.24) is 10.3 Å². The fourth-order valence-corrected chi connectivity index (χ4v) is 4.84. The summed E-state index contributed by atoms with van der Waals surface area (Å²) in [6, 6.07) is 21.2. The van der Waals surface area contributed by atoms with Crippen LogP contribution in [0.5, 0.6) is 0 Å². The van der Waals surface area contributed by atoms with Crippen LogP contribution < -0.4 is 5.43 Å². The van der Waals surface area contributed by atoms with Crippen LogP contribution in [-0.4, -0.2) is 28.7 Å². The first-order chi connectivity index (χ1) is 14.2. The molecule has 0 bridgehead atoms. The second-order valence-corrected chi connectivity index (χ2v) is 8.55. The molecule has 1 aliphatic rings. The lowest BCUT2D eigenvalue weighted by atomic mass is 10.1. The Hall–Kier alpha value is -2.90. The van der Waals surface area contributed by atoms with E-state index >= 15 is 0 Å². The predicted octanol–water partition coefficient (Wildman–Crippen LogP) is 4.29. The predicted molar refractivity (Wildman–Crippen MR) is 118 cm³/mol. The maximum Gasteiger partial charge on any atom is 0.271 e. The van der Waals surface area contributed by atoms with Crippen LogP contribution in [0.15, 0.2) is 77.2 Å². The number of benzene rings is 2. The molecule has 7 heteroatoms. The number of carbonyl (C=O) groups is 2. The monoisotopic (exact) mass is 421 g/mol. The first-order valence-electron chi connectivity index (χ1n) is 9.12. The van der Waals surface area contributed by atoms with Crippen molar-refractivity contribution in [1.29, 1.82) is 0 Å². The summed E-state index contributed by atoms with van der Waals surface area (Å²) in [5.41, 5.74) is 5.19. The van der Waals surface area contributed by atoms with E-state index in [-0.39, 0.29) is 17.2 Å². The van der Waals surface area contributed by atoms with E-state index in [2.05, 4.69) is 10.5 Å². The number of nitrogens with one attached hydrogen (secondary N) is 1. The van der Waals surface area contributed by atoms with Gasteiger partial charge in [-0.25, -0.2) is 5.43 Å². The van der Waals surface area contributed by atoms with Crippen molar-refractivity contribution in [2.45, 2.75) is 11.9 Å². The molecule has 2 heterocycles. The Morgan fingerprint density at radius 1 is 1.10 bits per heavy atom. The molecule has 1 N–H and O–H groups in total. The number of amides is 2. The molecule has 29 heavy (non-hydrogen) atoms. The molecular formula is C22H19N3O2S2. The fourth-order valence-electron chi connectivity index (χ4n) is 3.06. The number of hydrogen-bond acceptors (Lipinski definition) is 5. The van der Waals surface area contributed by atoms with E-state index < -0.39 is 0 Å². The molecular weight excluding hydrogens is 402 g/mol. The van der Waals surface area contributed by atoms with Gasteiger partial charge in [-0.2, -0.15) is 5.10 Å². The van der Waals surface area contributed by atoms with E-state index in [4.69, 9.17) is 0 Å². The molecule has 2 amide bonds. The van der Waals surface area contributed by atoms with Crippen molar-refractivity contribution in [2.75, 3.05) is 5.75 Å². The van der Waals surface area contributed by atoms with Crippen molar-refractivity contribution in [3.05, 3.63) is 93.7 Å². The number of nitrogens with zero attached hydrogens (tertiary/aromatic N) is 2. The zero-order chi connectivity index (χ0) is 20.1. The molecule has 2 aromatic carbocycles. The SMILES string of the molecule is O=C(N/N=C\c1cccs1)c1ccc([C@H]2SCC(=O)N2Cc2ccccc2)cc1. The summed E-state index contributed by atoms with van der Waals surface area (Å²) in [6.07, 6.45) is 1.62. The Labute approximate surface area is 177 Å². The van der Waals surface area contributed by atoms with Gasteiger partial charge in [0.2, 0.25) is 5.91 Å². The van der Waals surface area contributed by atoms with E-state index in [9.17, 15) is 9.59 Å². The Kier molecular flexibility index (Phi) is 6.07. The summed E-state index contributed by atoms with van der Waals surface area (Å²) >= 11 is 3.16. The number of thioether (sulfide) groups is 1. The van der Waals surface area contributed by atoms with Gasteiger partial charge in [0.1, 0.15) is 5.37 Å². The molecule has 0 spiro atoms. The van der Waals surface area contributed by atoms with Crippen LogP contribution in [-0.2, 0) is 11.3 Å². The zero-order valence-corrected chi connectivity index (χ0v) is 17.2. The van der Waals surface area contributed by atoms with Crippen LogP contribution in [0.1, 0.15) is 31.7 Å². The van der Waals surface area contributed by atoms with Gasteiger partial charge in [-0.1, -0.05) is 48.5 Å². The Morgan fingerprint density at radius 3 is 2.62 bits per heavy atom. The highest BCUT2D eigenvalue weighted by molar-refractivity contribution is 8.00. The van der Waals surface area contributed by atoms with Crippen molar-refractivity contribution in [2.24, 2.45) is 5.10 Å². The van der Waals surface area contributed by atoms with Gasteiger partial charge in [-0.3, -0.25) is 9.59 Å². The molecule has 0 radical (unpaired) electrons. The van der Waals surface area contributed by atoms with E-state index in [1.54, 1.807) is 41.4 Å². The summed E-state index contributed by atoms with van der Waals surface area (Å²) in [7, 11) is 0. The molecule has 0 saturated carbocycles. The van der Waals surface area contributed by atoms with E-state index in [1.165, 1.54) is 0 Å². The number of hydrogen-bond donors (Lipinski definition) is 1. The van der Waals surface area contributed by atoms with E-state index in [0.717, 1.165) is 16.0 Å². The summed E-state index contributed by atoms with van der Waals surface area (Å²) in [5.74, 6) is 0.339. The number of hydrazone groups is 1. The number of thiophene rings is 1. The summed E-state index contributed by atoms with van der Waals surface area (Å²) in [6.45, 7) is 0.580. The average Bonchev–Trinajstić information content (AvgIpc) is 3.39. The zero-order valence-electron chi connectivity index (χ0n) is 15.5. The highest BCUT2D eigenvalue weighted by Gasteiger charge is 2.32. The van der Waals surface area contributed by atoms with Crippen LogP contribution in [0, 0.1) is 0 Å². The normalized spacial score (nSPS) is 16.5. The second kappa shape index (κ2) is 9.07. The van der Waals surface area contributed by atoms with Gasteiger partial charge < -0.3 is 4.90 Å². The minimum atomic E-state index is -0.263. The lowest BCUT2D eigenvalue weighted by molar-refractivity contribution is -0.128. The topological polar surface area (TPSA) is 61.8 Å². The Bertz CT molecular complexity index is 1000. The third-order valence-corrected chi connectivity index (χ3v) is 6.59. The molecule has 1 fully saturated rings. The smallest absolute Gasteiger partial charge is 0.271 e. The number of carbonyl (C=O) groups excluding carboxylic acids is 2. The third-order valence-electron chi connectivity index (χ3n) is 4.52. The van der Waals surface area contributed by atoms with Gasteiger partial charge in [0, 0.05) is 17.0 Å². The maximum atomic E-state index is 12.4. The first-order valence-corrected chi connectivity index (χ1v) is 11.1. The average molecular weight is 422 g/mol. The third kappa shape index (κ3) is 4.75. The van der Waals surface area contributed by atoms with Crippen molar-refractivity contribution in [3.8, 4) is 0 Å².